The summed E-state index contributed by atoms with van der Waals surface area (Å²) < 4.78 is 24.6. The summed E-state index contributed by atoms with van der Waals surface area (Å²) in [7, 11) is -3.16. The van der Waals surface area contributed by atoms with Crippen molar-refractivity contribution in [3.63, 3.8) is 0 Å². The zero-order valence-corrected chi connectivity index (χ0v) is 12.7. The molecule has 5 nitrogen and oxygen atoms in total. The number of aryl methyl sites for hydroxylation is 1. The van der Waals surface area contributed by atoms with E-state index in [1.165, 1.54) is 10.6 Å². The molecule has 20 heavy (non-hydrogen) atoms. The van der Waals surface area contributed by atoms with Crippen molar-refractivity contribution >= 4 is 15.8 Å². The summed E-state index contributed by atoms with van der Waals surface area (Å²) in [6.07, 6.45) is 3.29. The van der Waals surface area contributed by atoms with Crippen molar-refractivity contribution in [2.45, 2.75) is 26.2 Å². The number of carbonyl (C=O) groups excluding carboxylic acids is 1. The average Bonchev–Trinajstić information content (AvgIpc) is 2.38. The molecular formula is C14H20N2O3S. The van der Waals surface area contributed by atoms with Gasteiger partial charge in [0.05, 0.1) is 6.26 Å². The van der Waals surface area contributed by atoms with Gasteiger partial charge in [0.25, 0.3) is 0 Å². The van der Waals surface area contributed by atoms with Crippen LogP contribution in [0.15, 0.2) is 18.2 Å². The summed E-state index contributed by atoms with van der Waals surface area (Å²) in [5.41, 5.74) is 1.29. The quantitative estimate of drug-likeness (QED) is 0.792. The third-order valence-electron chi connectivity index (χ3n) is 3.60. The highest BCUT2D eigenvalue weighted by Gasteiger charge is 2.27. The third kappa shape index (κ3) is 3.86. The van der Waals surface area contributed by atoms with Gasteiger partial charge in [-0.3, -0.25) is 9.78 Å². The first-order chi connectivity index (χ1) is 9.36. The Morgan fingerprint density at radius 2 is 2.20 bits per heavy atom. The predicted octanol–water partition coefficient (Wildman–Crippen LogP) is 1.63. The predicted molar refractivity (Wildman–Crippen MR) is 77.1 cm³/mol. The van der Waals surface area contributed by atoms with Gasteiger partial charge in [-0.05, 0) is 37.8 Å². The van der Waals surface area contributed by atoms with Crippen LogP contribution in [0.3, 0.4) is 0 Å². The lowest BCUT2D eigenvalue weighted by atomic mass is 9.93. The Labute approximate surface area is 120 Å². The van der Waals surface area contributed by atoms with E-state index in [4.69, 9.17) is 0 Å². The maximum atomic E-state index is 12.2. The number of rotatable bonds is 4. The maximum Gasteiger partial charge on any atom is 0.211 e. The number of Topliss-reactive ketones (excluding diaryl/α,β-unsaturated/α-hetero) is 1. The van der Waals surface area contributed by atoms with Crippen molar-refractivity contribution in [1.82, 2.24) is 9.29 Å². The van der Waals surface area contributed by atoms with E-state index < -0.39 is 10.0 Å². The van der Waals surface area contributed by atoms with E-state index in [1.807, 2.05) is 19.1 Å². The number of piperidine rings is 1. The molecule has 1 aromatic rings. The third-order valence-corrected chi connectivity index (χ3v) is 4.87. The van der Waals surface area contributed by atoms with Crippen molar-refractivity contribution in [3.8, 4) is 0 Å². The largest absolute Gasteiger partial charge is 0.292 e. The van der Waals surface area contributed by atoms with E-state index in [0.29, 0.717) is 25.2 Å². The SMILES string of the molecule is Cc1cccc(C(=O)CC2CCCN(S(C)(=O)=O)C2)n1. The second-order valence-electron chi connectivity index (χ2n) is 5.42. The molecule has 0 aliphatic carbocycles. The van der Waals surface area contributed by atoms with Crippen LogP contribution in [-0.4, -0.2) is 42.8 Å². The Kier molecular flexibility index (Phi) is 4.55. The lowest BCUT2D eigenvalue weighted by Gasteiger charge is -2.30. The molecule has 0 spiro atoms. The molecule has 1 unspecified atom stereocenters. The van der Waals surface area contributed by atoms with Crippen LogP contribution in [0.5, 0.6) is 0 Å². The molecular weight excluding hydrogens is 276 g/mol. The molecule has 0 radical (unpaired) electrons. The molecule has 110 valence electrons. The van der Waals surface area contributed by atoms with Gasteiger partial charge in [-0.2, -0.15) is 0 Å². The molecule has 2 heterocycles. The first kappa shape index (κ1) is 15.1. The first-order valence-corrected chi connectivity index (χ1v) is 8.63. The van der Waals surface area contributed by atoms with Gasteiger partial charge in [0, 0.05) is 25.2 Å². The summed E-state index contributed by atoms with van der Waals surface area (Å²) >= 11 is 0. The Morgan fingerprint density at radius 3 is 2.85 bits per heavy atom. The molecule has 0 aromatic carbocycles. The second kappa shape index (κ2) is 6.01. The average molecular weight is 296 g/mol. The fraction of sp³-hybridized carbons (Fsp3) is 0.571. The fourth-order valence-electron chi connectivity index (χ4n) is 2.56. The number of hydrogen-bond acceptors (Lipinski definition) is 4. The first-order valence-electron chi connectivity index (χ1n) is 6.78. The molecule has 6 heteroatoms. The van der Waals surface area contributed by atoms with E-state index in [9.17, 15) is 13.2 Å². The molecule has 1 atom stereocenters. The van der Waals surface area contributed by atoms with Crippen molar-refractivity contribution in [1.29, 1.82) is 0 Å². The van der Waals surface area contributed by atoms with Crippen LogP contribution in [0.1, 0.15) is 35.4 Å². The Morgan fingerprint density at radius 1 is 1.45 bits per heavy atom. The van der Waals surface area contributed by atoms with Gasteiger partial charge >= 0.3 is 0 Å². The van der Waals surface area contributed by atoms with E-state index in [-0.39, 0.29) is 11.7 Å². The molecule has 1 saturated heterocycles. The van der Waals surface area contributed by atoms with Crippen LogP contribution in [0.2, 0.25) is 0 Å². The van der Waals surface area contributed by atoms with Crippen LogP contribution < -0.4 is 0 Å². The topological polar surface area (TPSA) is 67.3 Å². The van der Waals surface area contributed by atoms with E-state index in [0.717, 1.165) is 18.5 Å². The van der Waals surface area contributed by atoms with Crippen LogP contribution in [0, 0.1) is 12.8 Å². The molecule has 0 saturated carbocycles. The maximum absolute atomic E-state index is 12.2. The molecule has 0 N–H and O–H groups in total. The molecule has 1 fully saturated rings. The normalized spacial score (nSPS) is 20.8. The Balaban J connectivity index is 2.01. The number of carbonyl (C=O) groups is 1. The summed E-state index contributed by atoms with van der Waals surface area (Å²) in [4.78, 5) is 16.4. The van der Waals surface area contributed by atoms with Crippen molar-refractivity contribution in [2.24, 2.45) is 5.92 Å². The molecule has 1 aliphatic heterocycles. The highest BCUT2D eigenvalue weighted by Crippen LogP contribution is 2.22. The zero-order chi connectivity index (χ0) is 14.8. The van der Waals surface area contributed by atoms with E-state index in [2.05, 4.69) is 4.98 Å². The minimum Gasteiger partial charge on any atom is -0.292 e. The number of hydrogen-bond donors (Lipinski definition) is 0. The summed E-state index contributed by atoms with van der Waals surface area (Å²) in [5.74, 6) is 0.0855. The highest BCUT2D eigenvalue weighted by atomic mass is 32.2. The molecule has 0 amide bonds. The summed E-state index contributed by atoms with van der Waals surface area (Å²) in [6.45, 7) is 2.85. The zero-order valence-electron chi connectivity index (χ0n) is 11.9. The molecule has 1 aliphatic rings. The molecule has 1 aromatic heterocycles. The fourth-order valence-corrected chi connectivity index (χ4v) is 3.50. The van der Waals surface area contributed by atoms with Crippen LogP contribution in [0.25, 0.3) is 0 Å². The van der Waals surface area contributed by atoms with Crippen molar-refractivity contribution in [2.75, 3.05) is 19.3 Å². The number of pyridine rings is 1. The van der Waals surface area contributed by atoms with Gasteiger partial charge in [-0.25, -0.2) is 12.7 Å². The molecule has 0 bridgehead atoms. The standard InChI is InChI=1S/C14H20N2O3S/c1-11-5-3-7-13(15-11)14(17)9-12-6-4-8-16(10-12)20(2,18)19/h3,5,7,12H,4,6,8-10H2,1-2H3. The lowest BCUT2D eigenvalue weighted by Crippen LogP contribution is -2.39. The second-order valence-corrected chi connectivity index (χ2v) is 7.40. The van der Waals surface area contributed by atoms with Gasteiger partial charge in [0.15, 0.2) is 5.78 Å². The smallest absolute Gasteiger partial charge is 0.211 e. The lowest BCUT2D eigenvalue weighted by molar-refractivity contribution is 0.0937. The van der Waals surface area contributed by atoms with E-state index in [1.54, 1.807) is 6.07 Å². The Hall–Kier alpha value is -1.27. The summed E-state index contributed by atoms with van der Waals surface area (Å²) in [6, 6.07) is 5.38. The number of aromatic nitrogens is 1. The molecule has 2 rings (SSSR count). The minimum absolute atomic E-state index is 0.00551. The van der Waals surface area contributed by atoms with Crippen LogP contribution in [-0.2, 0) is 10.0 Å². The van der Waals surface area contributed by atoms with Gasteiger partial charge < -0.3 is 0 Å². The van der Waals surface area contributed by atoms with Gasteiger partial charge in [-0.15, -0.1) is 0 Å². The monoisotopic (exact) mass is 296 g/mol. The van der Waals surface area contributed by atoms with Gasteiger partial charge in [0.1, 0.15) is 5.69 Å². The van der Waals surface area contributed by atoms with Crippen molar-refractivity contribution in [3.05, 3.63) is 29.6 Å². The Bertz CT molecular complexity index is 598. The number of nitrogens with zero attached hydrogens (tertiary/aromatic N) is 2. The van der Waals surface area contributed by atoms with Crippen LogP contribution >= 0.6 is 0 Å². The van der Waals surface area contributed by atoms with E-state index >= 15 is 0 Å². The van der Waals surface area contributed by atoms with Gasteiger partial charge in [0.2, 0.25) is 10.0 Å². The number of ketones is 1. The van der Waals surface area contributed by atoms with Gasteiger partial charge in [-0.1, -0.05) is 6.07 Å². The summed E-state index contributed by atoms with van der Waals surface area (Å²) in [5, 5.41) is 0. The number of sulfonamides is 1. The highest BCUT2D eigenvalue weighted by molar-refractivity contribution is 7.88. The minimum atomic E-state index is -3.16. The van der Waals surface area contributed by atoms with Crippen molar-refractivity contribution < 1.29 is 13.2 Å². The van der Waals surface area contributed by atoms with Crippen LogP contribution in [0.4, 0.5) is 0 Å².